The number of ether oxygens (including phenoxy) is 3. The SMILES string of the molecule is COc1cc2nccc(Oc3ccc(Nc4nccc5[nH]ccc(=O)c45)cc3F)c2cc1OC. The fourth-order valence-corrected chi connectivity index (χ4v) is 3.67. The van der Waals surface area contributed by atoms with Gasteiger partial charge in [-0.05, 0) is 30.3 Å². The molecule has 170 valence electrons. The van der Waals surface area contributed by atoms with Crippen LogP contribution in [0.3, 0.4) is 0 Å². The van der Waals surface area contributed by atoms with Gasteiger partial charge in [-0.3, -0.25) is 9.78 Å². The van der Waals surface area contributed by atoms with Crippen molar-refractivity contribution in [2.24, 2.45) is 0 Å². The number of pyridine rings is 3. The van der Waals surface area contributed by atoms with Crippen LogP contribution >= 0.6 is 0 Å². The van der Waals surface area contributed by atoms with E-state index in [-0.39, 0.29) is 11.2 Å². The smallest absolute Gasteiger partial charge is 0.193 e. The summed E-state index contributed by atoms with van der Waals surface area (Å²) in [5.74, 6) is 1.20. The van der Waals surface area contributed by atoms with E-state index in [4.69, 9.17) is 14.2 Å². The van der Waals surface area contributed by atoms with Crippen molar-refractivity contribution in [3.63, 3.8) is 0 Å². The molecule has 0 saturated heterocycles. The van der Waals surface area contributed by atoms with Crippen molar-refractivity contribution in [1.82, 2.24) is 15.0 Å². The number of hydrogen-bond donors (Lipinski definition) is 2. The lowest BCUT2D eigenvalue weighted by Crippen LogP contribution is -2.05. The highest BCUT2D eigenvalue weighted by atomic mass is 19.1. The molecule has 0 bridgehead atoms. The molecule has 8 nitrogen and oxygen atoms in total. The Morgan fingerprint density at radius 1 is 0.882 bits per heavy atom. The highest BCUT2D eigenvalue weighted by Gasteiger charge is 2.14. The maximum atomic E-state index is 15.0. The number of aromatic nitrogens is 3. The summed E-state index contributed by atoms with van der Waals surface area (Å²) in [5, 5.41) is 4.04. The monoisotopic (exact) mass is 458 g/mol. The summed E-state index contributed by atoms with van der Waals surface area (Å²) in [4.78, 5) is 23.9. The molecule has 3 heterocycles. The van der Waals surface area contributed by atoms with Crippen LogP contribution in [0, 0.1) is 5.82 Å². The maximum Gasteiger partial charge on any atom is 0.193 e. The van der Waals surface area contributed by atoms with E-state index in [2.05, 4.69) is 20.3 Å². The van der Waals surface area contributed by atoms with Crippen LogP contribution in [0.5, 0.6) is 23.0 Å². The zero-order valence-corrected chi connectivity index (χ0v) is 18.3. The standard InChI is InChI=1S/C25H19FN4O4/c1-32-22-12-15-18(13-23(22)33-2)28-10-7-20(15)34-21-4-3-14(11-16(21)26)30-25-24-17(5-8-29-25)27-9-6-19(24)31/h3-13H,1-2H3,(H,27,31)(H,29,30). The van der Waals surface area contributed by atoms with Crippen LogP contribution in [0.4, 0.5) is 15.9 Å². The van der Waals surface area contributed by atoms with Gasteiger partial charge >= 0.3 is 0 Å². The summed E-state index contributed by atoms with van der Waals surface area (Å²) in [5.41, 5.74) is 1.46. The molecule has 0 aliphatic heterocycles. The van der Waals surface area contributed by atoms with Gasteiger partial charge in [-0.25, -0.2) is 9.37 Å². The lowest BCUT2D eigenvalue weighted by atomic mass is 10.1. The summed E-state index contributed by atoms with van der Waals surface area (Å²) in [7, 11) is 3.07. The maximum absolute atomic E-state index is 15.0. The van der Waals surface area contributed by atoms with Crippen molar-refractivity contribution in [3.8, 4) is 23.0 Å². The number of anilines is 2. The Labute approximate surface area is 193 Å². The van der Waals surface area contributed by atoms with Crippen LogP contribution in [0.2, 0.25) is 0 Å². The second-order valence-electron chi connectivity index (χ2n) is 7.33. The van der Waals surface area contributed by atoms with Crippen molar-refractivity contribution in [2.75, 3.05) is 19.5 Å². The zero-order chi connectivity index (χ0) is 23.7. The summed E-state index contributed by atoms with van der Waals surface area (Å²) in [6.07, 6.45) is 4.70. The predicted molar refractivity (Wildman–Crippen MR) is 127 cm³/mol. The molecule has 0 unspecified atom stereocenters. The third-order valence-corrected chi connectivity index (χ3v) is 5.29. The first-order valence-electron chi connectivity index (χ1n) is 10.3. The van der Waals surface area contributed by atoms with Gasteiger partial charge in [0.2, 0.25) is 0 Å². The van der Waals surface area contributed by atoms with E-state index in [1.807, 2.05) is 0 Å². The molecule has 2 aromatic carbocycles. The van der Waals surface area contributed by atoms with Gasteiger partial charge in [0.25, 0.3) is 0 Å². The number of nitrogens with one attached hydrogen (secondary N) is 2. The van der Waals surface area contributed by atoms with Gasteiger partial charge in [0.15, 0.2) is 28.5 Å². The second-order valence-corrected chi connectivity index (χ2v) is 7.33. The highest BCUT2D eigenvalue weighted by Crippen LogP contribution is 2.37. The minimum atomic E-state index is -0.593. The molecule has 2 N–H and O–H groups in total. The number of rotatable bonds is 6. The molecule has 3 aromatic heterocycles. The molecular weight excluding hydrogens is 439 g/mol. The Morgan fingerprint density at radius 2 is 1.68 bits per heavy atom. The second kappa shape index (κ2) is 8.70. The fraction of sp³-hybridized carbons (Fsp3) is 0.0800. The third kappa shape index (κ3) is 3.83. The number of methoxy groups -OCH3 is 2. The molecule has 0 radical (unpaired) electrons. The summed E-state index contributed by atoms with van der Waals surface area (Å²) >= 11 is 0. The first kappa shape index (κ1) is 21.2. The Balaban J connectivity index is 1.47. The minimum absolute atomic E-state index is 0.0246. The molecule has 0 atom stereocenters. The van der Waals surface area contributed by atoms with Gasteiger partial charge < -0.3 is 24.5 Å². The molecule has 34 heavy (non-hydrogen) atoms. The van der Waals surface area contributed by atoms with Gasteiger partial charge in [0.1, 0.15) is 11.6 Å². The lowest BCUT2D eigenvalue weighted by molar-refractivity contribution is 0.355. The molecule has 0 aliphatic carbocycles. The van der Waals surface area contributed by atoms with E-state index in [1.165, 1.54) is 25.3 Å². The van der Waals surface area contributed by atoms with Crippen LogP contribution in [-0.4, -0.2) is 29.2 Å². The van der Waals surface area contributed by atoms with Gasteiger partial charge in [0, 0.05) is 47.9 Å². The molecule has 0 aliphatic rings. The van der Waals surface area contributed by atoms with E-state index < -0.39 is 5.82 Å². The normalized spacial score (nSPS) is 10.9. The summed E-state index contributed by atoms with van der Waals surface area (Å²) in [6, 6.07) is 12.6. The number of nitrogens with zero attached hydrogens (tertiary/aromatic N) is 2. The van der Waals surface area contributed by atoms with E-state index >= 15 is 0 Å². The fourth-order valence-electron chi connectivity index (χ4n) is 3.67. The van der Waals surface area contributed by atoms with Gasteiger partial charge in [-0.2, -0.15) is 0 Å². The predicted octanol–water partition coefficient (Wildman–Crippen LogP) is 5.16. The number of fused-ring (bicyclic) bond motifs is 2. The summed E-state index contributed by atoms with van der Waals surface area (Å²) in [6.45, 7) is 0. The van der Waals surface area contributed by atoms with Gasteiger partial charge in [-0.15, -0.1) is 0 Å². The molecule has 0 spiro atoms. The number of aromatic amines is 1. The Kier molecular flexibility index (Phi) is 5.43. The van der Waals surface area contributed by atoms with Crippen molar-refractivity contribution in [3.05, 3.63) is 83.2 Å². The molecule has 0 saturated carbocycles. The lowest BCUT2D eigenvalue weighted by Gasteiger charge is -2.13. The van der Waals surface area contributed by atoms with Gasteiger partial charge in [-0.1, -0.05) is 0 Å². The first-order valence-corrected chi connectivity index (χ1v) is 10.3. The highest BCUT2D eigenvalue weighted by molar-refractivity contribution is 5.90. The Hall–Kier alpha value is -4.66. The molecule has 9 heteroatoms. The average Bonchev–Trinajstić information content (AvgIpc) is 2.85. The molecule has 0 amide bonds. The molecule has 0 fully saturated rings. The Morgan fingerprint density at radius 3 is 2.47 bits per heavy atom. The van der Waals surface area contributed by atoms with Crippen molar-refractivity contribution in [1.29, 1.82) is 0 Å². The average molecular weight is 458 g/mol. The van der Waals surface area contributed by atoms with Crippen LogP contribution < -0.4 is 25.0 Å². The molecule has 5 rings (SSSR count). The van der Waals surface area contributed by atoms with E-state index in [1.54, 1.807) is 56.0 Å². The van der Waals surface area contributed by atoms with Gasteiger partial charge in [0.05, 0.1) is 30.6 Å². The topological polar surface area (TPSA) is 98.4 Å². The number of halogens is 1. The van der Waals surface area contributed by atoms with E-state index in [0.717, 1.165) is 0 Å². The van der Waals surface area contributed by atoms with Crippen molar-refractivity contribution in [2.45, 2.75) is 0 Å². The van der Waals surface area contributed by atoms with Crippen molar-refractivity contribution < 1.29 is 18.6 Å². The largest absolute Gasteiger partial charge is 0.493 e. The Bertz CT molecular complexity index is 1580. The first-order chi connectivity index (χ1) is 16.6. The quantitative estimate of drug-likeness (QED) is 0.362. The minimum Gasteiger partial charge on any atom is -0.493 e. The molecule has 5 aromatic rings. The summed E-state index contributed by atoms with van der Waals surface area (Å²) < 4.78 is 31.5. The van der Waals surface area contributed by atoms with Crippen LogP contribution in [0.1, 0.15) is 0 Å². The van der Waals surface area contributed by atoms with Crippen molar-refractivity contribution >= 4 is 33.3 Å². The van der Waals surface area contributed by atoms with E-state index in [9.17, 15) is 9.18 Å². The molecular formula is C25H19FN4O4. The zero-order valence-electron chi connectivity index (χ0n) is 18.3. The van der Waals surface area contributed by atoms with Crippen LogP contribution in [0.25, 0.3) is 21.8 Å². The number of hydrogen-bond acceptors (Lipinski definition) is 7. The number of H-pyrrole nitrogens is 1. The number of benzene rings is 2. The van der Waals surface area contributed by atoms with Crippen LogP contribution in [0.15, 0.2) is 71.9 Å². The van der Waals surface area contributed by atoms with E-state index in [0.29, 0.717) is 50.6 Å². The van der Waals surface area contributed by atoms with Crippen LogP contribution in [-0.2, 0) is 0 Å². The third-order valence-electron chi connectivity index (χ3n) is 5.29.